The van der Waals surface area contributed by atoms with Gasteiger partial charge in [-0.2, -0.15) is 0 Å². The zero-order chi connectivity index (χ0) is 24.7. The molecule has 0 radical (unpaired) electrons. The molecule has 0 saturated carbocycles. The first-order valence-corrected chi connectivity index (χ1v) is 11.5. The van der Waals surface area contributed by atoms with Gasteiger partial charge in [0.2, 0.25) is 5.75 Å². The molecular formula is C24H20Cl2FN5O3. The van der Waals surface area contributed by atoms with Gasteiger partial charge in [0, 0.05) is 47.8 Å². The zero-order valence-electron chi connectivity index (χ0n) is 18.5. The molecule has 0 saturated heterocycles. The third kappa shape index (κ3) is 4.21. The number of benzene rings is 1. The number of H-pyrrole nitrogens is 1. The number of ether oxygens (including phenoxy) is 1. The predicted octanol–water partition coefficient (Wildman–Crippen LogP) is 5.65. The molecule has 1 atom stereocenters. The van der Waals surface area contributed by atoms with Crippen LogP contribution in [-0.4, -0.2) is 38.8 Å². The summed E-state index contributed by atoms with van der Waals surface area (Å²) in [6.45, 7) is 2.64. The third-order valence-corrected chi connectivity index (χ3v) is 6.64. The Balaban J connectivity index is 1.43. The van der Waals surface area contributed by atoms with Crippen molar-refractivity contribution in [2.75, 3.05) is 18.8 Å². The monoisotopic (exact) mass is 515 g/mol. The number of anilines is 1. The van der Waals surface area contributed by atoms with E-state index in [1.165, 1.54) is 12.1 Å². The topological polar surface area (TPSA) is 110 Å². The molecule has 0 spiro atoms. The van der Waals surface area contributed by atoms with Crippen LogP contribution in [0.5, 0.6) is 5.75 Å². The molecule has 1 aliphatic rings. The summed E-state index contributed by atoms with van der Waals surface area (Å²) in [5, 5.41) is 0.850. The standard InChI is InChI=1S/C24H20Cl2FN5O3/c1-12(18-16(25)2-3-17(27)19(18)26)35-21-20-14(10-31-22(21)28)15(11-34-20)13-4-8-32(9-5-13)24(33)23-29-6-7-30-23/h2-4,6-7,10-12H,5,8-9H2,1H3,(H2,28,31)(H,29,30). The second kappa shape index (κ2) is 9.24. The van der Waals surface area contributed by atoms with Crippen molar-refractivity contribution < 1.29 is 18.3 Å². The Morgan fingerprint density at radius 1 is 1.34 bits per heavy atom. The van der Waals surface area contributed by atoms with Crippen molar-refractivity contribution in [3.05, 3.63) is 75.9 Å². The largest absolute Gasteiger partial charge is 0.478 e. The Morgan fingerprint density at radius 3 is 2.89 bits per heavy atom. The first kappa shape index (κ1) is 23.2. The number of amides is 1. The number of nitrogen functional groups attached to an aromatic ring is 1. The Hall–Kier alpha value is -3.56. The maximum atomic E-state index is 14.0. The molecule has 3 N–H and O–H groups in total. The molecule has 8 nitrogen and oxygen atoms in total. The van der Waals surface area contributed by atoms with Crippen LogP contribution in [0.15, 0.2) is 47.5 Å². The van der Waals surface area contributed by atoms with E-state index in [4.69, 9.17) is 38.1 Å². The Bertz CT molecular complexity index is 1450. The summed E-state index contributed by atoms with van der Waals surface area (Å²) in [6.07, 6.45) is 8.25. The number of hydrogen-bond acceptors (Lipinski definition) is 6. The van der Waals surface area contributed by atoms with Crippen LogP contribution in [0.1, 0.15) is 41.2 Å². The average molecular weight is 516 g/mol. The number of nitrogens with zero attached hydrogens (tertiary/aromatic N) is 3. The van der Waals surface area contributed by atoms with Gasteiger partial charge in [-0.05, 0) is 31.1 Å². The average Bonchev–Trinajstić information content (AvgIpc) is 3.54. The minimum atomic E-state index is -0.732. The van der Waals surface area contributed by atoms with Crippen LogP contribution in [0.3, 0.4) is 0 Å². The van der Waals surface area contributed by atoms with E-state index < -0.39 is 11.9 Å². The number of imidazole rings is 1. The first-order valence-electron chi connectivity index (χ1n) is 10.8. The van der Waals surface area contributed by atoms with Crippen molar-refractivity contribution in [3.63, 3.8) is 0 Å². The van der Waals surface area contributed by atoms with Crippen LogP contribution >= 0.6 is 23.2 Å². The van der Waals surface area contributed by atoms with E-state index in [9.17, 15) is 9.18 Å². The summed E-state index contributed by atoms with van der Waals surface area (Å²) < 4.78 is 25.9. The van der Waals surface area contributed by atoms with E-state index in [0.29, 0.717) is 41.9 Å². The zero-order valence-corrected chi connectivity index (χ0v) is 20.0. The summed E-state index contributed by atoms with van der Waals surface area (Å²) in [6, 6.07) is 2.61. The molecular weight excluding hydrogens is 496 g/mol. The lowest BCUT2D eigenvalue weighted by atomic mass is 9.99. The van der Waals surface area contributed by atoms with E-state index in [-0.39, 0.29) is 27.5 Å². The van der Waals surface area contributed by atoms with Gasteiger partial charge in [0.05, 0.1) is 16.7 Å². The number of rotatable bonds is 5. The summed E-state index contributed by atoms with van der Waals surface area (Å²) >= 11 is 12.4. The van der Waals surface area contributed by atoms with Gasteiger partial charge >= 0.3 is 0 Å². The van der Waals surface area contributed by atoms with E-state index in [1.54, 1.807) is 36.7 Å². The molecule has 1 aromatic carbocycles. The summed E-state index contributed by atoms with van der Waals surface area (Å²) in [4.78, 5) is 25.4. The van der Waals surface area contributed by atoms with Gasteiger partial charge in [-0.15, -0.1) is 0 Å². The quantitative estimate of drug-likeness (QED) is 0.332. The number of hydrogen-bond donors (Lipinski definition) is 2. The number of aromatic nitrogens is 3. The first-order chi connectivity index (χ1) is 16.8. The van der Waals surface area contributed by atoms with Gasteiger partial charge in [-0.1, -0.05) is 29.3 Å². The molecule has 11 heteroatoms. The highest BCUT2D eigenvalue weighted by atomic mass is 35.5. The Kier molecular flexibility index (Phi) is 6.12. The fourth-order valence-corrected chi connectivity index (χ4v) is 4.80. The molecule has 0 bridgehead atoms. The van der Waals surface area contributed by atoms with Gasteiger partial charge in [0.15, 0.2) is 17.2 Å². The fraction of sp³-hybridized carbons (Fsp3) is 0.208. The third-order valence-electron chi connectivity index (χ3n) is 5.92. The van der Waals surface area contributed by atoms with Crippen LogP contribution in [-0.2, 0) is 0 Å². The Labute approximate surface area is 209 Å². The number of nitrogens with two attached hydrogens (primary N) is 1. The highest BCUT2D eigenvalue weighted by molar-refractivity contribution is 6.36. The molecule has 4 aromatic rings. The molecule has 35 heavy (non-hydrogen) atoms. The molecule has 1 aliphatic heterocycles. The number of furan rings is 1. The van der Waals surface area contributed by atoms with Crippen molar-refractivity contribution in [2.24, 2.45) is 0 Å². The second-order valence-electron chi connectivity index (χ2n) is 8.05. The number of pyridine rings is 1. The molecule has 4 heterocycles. The van der Waals surface area contributed by atoms with E-state index >= 15 is 0 Å². The molecule has 180 valence electrons. The highest BCUT2D eigenvalue weighted by Gasteiger charge is 2.25. The smallest absolute Gasteiger partial charge is 0.289 e. The SMILES string of the molecule is CC(Oc1c(N)ncc2c(C3=CCN(C(=O)c4ncc[nH]4)CC3)coc12)c1c(Cl)ccc(F)c1Cl. The number of carbonyl (C=O) groups excluding carboxylic acids is 1. The van der Waals surface area contributed by atoms with E-state index in [1.807, 2.05) is 6.08 Å². The lowest BCUT2D eigenvalue weighted by Gasteiger charge is -2.25. The predicted molar refractivity (Wildman–Crippen MR) is 131 cm³/mol. The molecule has 5 rings (SSSR count). The van der Waals surface area contributed by atoms with Crippen LogP contribution < -0.4 is 10.5 Å². The summed E-state index contributed by atoms with van der Waals surface area (Å²) in [7, 11) is 0. The number of halogens is 3. The highest BCUT2D eigenvalue weighted by Crippen LogP contribution is 2.41. The molecule has 1 unspecified atom stereocenters. The van der Waals surface area contributed by atoms with Crippen molar-refractivity contribution in [1.29, 1.82) is 0 Å². The number of carbonyl (C=O) groups is 1. The maximum Gasteiger partial charge on any atom is 0.289 e. The van der Waals surface area contributed by atoms with Crippen molar-refractivity contribution in [2.45, 2.75) is 19.4 Å². The van der Waals surface area contributed by atoms with E-state index in [0.717, 1.165) is 11.1 Å². The van der Waals surface area contributed by atoms with Crippen molar-refractivity contribution in [3.8, 4) is 5.75 Å². The number of fused-ring (bicyclic) bond motifs is 1. The Morgan fingerprint density at radius 2 is 2.17 bits per heavy atom. The van der Waals surface area contributed by atoms with Gasteiger partial charge in [-0.25, -0.2) is 14.4 Å². The summed E-state index contributed by atoms with van der Waals surface area (Å²) in [5.41, 5.74) is 8.64. The van der Waals surface area contributed by atoms with Crippen molar-refractivity contribution in [1.82, 2.24) is 19.9 Å². The fourth-order valence-electron chi connectivity index (χ4n) is 4.12. The molecule has 3 aromatic heterocycles. The number of aromatic amines is 1. The summed E-state index contributed by atoms with van der Waals surface area (Å²) in [5.74, 6) is -0.124. The molecule has 1 amide bonds. The second-order valence-corrected chi connectivity index (χ2v) is 8.84. The van der Waals surface area contributed by atoms with Crippen molar-refractivity contribution >= 4 is 51.5 Å². The van der Waals surface area contributed by atoms with Gasteiger partial charge in [0.25, 0.3) is 5.91 Å². The lowest BCUT2D eigenvalue weighted by molar-refractivity contribution is 0.0762. The minimum Gasteiger partial charge on any atom is -0.478 e. The minimum absolute atomic E-state index is 0.113. The van der Waals surface area contributed by atoms with Crippen LogP contribution in [0, 0.1) is 5.82 Å². The van der Waals surface area contributed by atoms with Crippen LogP contribution in [0.25, 0.3) is 16.5 Å². The van der Waals surface area contributed by atoms with Crippen LogP contribution in [0.2, 0.25) is 10.0 Å². The van der Waals surface area contributed by atoms with Gasteiger partial charge in [-0.3, -0.25) is 4.79 Å². The normalized spacial score (nSPS) is 14.7. The number of nitrogens with one attached hydrogen (secondary N) is 1. The van der Waals surface area contributed by atoms with E-state index in [2.05, 4.69) is 15.0 Å². The lowest BCUT2D eigenvalue weighted by Crippen LogP contribution is -2.35. The molecule has 0 fully saturated rings. The maximum absolute atomic E-state index is 14.0. The van der Waals surface area contributed by atoms with Gasteiger partial charge < -0.3 is 24.8 Å². The van der Waals surface area contributed by atoms with Gasteiger partial charge in [0.1, 0.15) is 11.9 Å². The van der Waals surface area contributed by atoms with Crippen LogP contribution in [0.4, 0.5) is 10.2 Å². The molecule has 0 aliphatic carbocycles.